The first-order valence-corrected chi connectivity index (χ1v) is 10.7. The van der Waals surface area contributed by atoms with Crippen LogP contribution in [0.4, 0.5) is 0 Å². The first-order chi connectivity index (χ1) is 11.5. The third-order valence-electron chi connectivity index (χ3n) is 7.16. The highest BCUT2D eigenvalue weighted by molar-refractivity contribution is 5.81. The molecule has 5 unspecified atom stereocenters. The van der Waals surface area contributed by atoms with E-state index in [-0.39, 0.29) is 11.8 Å². The van der Waals surface area contributed by atoms with Crippen molar-refractivity contribution in [3.8, 4) is 0 Å². The Kier molecular flexibility index (Phi) is 8.64. The Bertz CT molecular complexity index is 414. The maximum absolute atomic E-state index is 12.9. The van der Waals surface area contributed by atoms with Crippen molar-refractivity contribution >= 4 is 5.78 Å². The summed E-state index contributed by atoms with van der Waals surface area (Å²) in [6.07, 6.45) is 5.84. The minimum Gasteiger partial charge on any atom is -0.390 e. The number of hydrogen-bond donors (Lipinski definition) is 1. The molecule has 0 aromatic rings. The van der Waals surface area contributed by atoms with Crippen LogP contribution >= 0.6 is 0 Å². The molecule has 1 N–H and O–H groups in total. The van der Waals surface area contributed by atoms with Crippen LogP contribution in [0, 0.1) is 41.4 Å². The molecule has 1 aliphatic rings. The Labute approximate surface area is 157 Å². The quantitative estimate of drug-likeness (QED) is 0.618. The summed E-state index contributed by atoms with van der Waals surface area (Å²) < 4.78 is 0. The molecule has 8 atom stereocenters. The van der Waals surface area contributed by atoms with Gasteiger partial charge in [-0.25, -0.2) is 0 Å². The average molecular weight is 353 g/mol. The second-order valence-corrected chi connectivity index (χ2v) is 9.98. The van der Waals surface area contributed by atoms with E-state index in [1.165, 1.54) is 19.3 Å². The van der Waals surface area contributed by atoms with Crippen molar-refractivity contribution in [2.45, 2.75) is 99.5 Å². The van der Waals surface area contributed by atoms with E-state index in [4.69, 9.17) is 0 Å². The number of Topliss-reactive ketones (excluding diaryl/α,β-unsaturated/α-hetero) is 1. The minimum atomic E-state index is -0.742. The van der Waals surface area contributed by atoms with Crippen molar-refractivity contribution in [3.63, 3.8) is 0 Å². The predicted molar refractivity (Wildman–Crippen MR) is 107 cm³/mol. The van der Waals surface area contributed by atoms with Gasteiger partial charge in [0.2, 0.25) is 0 Å². The molecule has 1 aliphatic carbocycles. The summed E-state index contributed by atoms with van der Waals surface area (Å²) in [7, 11) is 0. The largest absolute Gasteiger partial charge is 0.390 e. The molecule has 0 spiro atoms. The molecule has 1 rings (SSSR count). The summed E-state index contributed by atoms with van der Waals surface area (Å²) in [5.41, 5.74) is -0.742. The Morgan fingerprint density at radius 1 is 0.960 bits per heavy atom. The standard InChI is InChI=1S/C23H44O2/c1-9-21-13-22(24)20(7)19(6)18(5)12-16(3)10-15(2)11-17(4)14-23(21,8)25/h15-21,25H,9-14H2,1-8H3/t15-,16?,17+,18?,19?,20?,21?,23+/m1/s1. The van der Waals surface area contributed by atoms with Crippen LogP contribution in [0.2, 0.25) is 0 Å². The third-order valence-corrected chi connectivity index (χ3v) is 7.16. The van der Waals surface area contributed by atoms with Gasteiger partial charge in [-0.3, -0.25) is 4.79 Å². The summed E-state index contributed by atoms with van der Waals surface area (Å²) in [6, 6.07) is 0. The van der Waals surface area contributed by atoms with Crippen LogP contribution in [0.15, 0.2) is 0 Å². The molecule has 0 saturated heterocycles. The zero-order valence-electron chi connectivity index (χ0n) is 18.1. The summed E-state index contributed by atoms with van der Waals surface area (Å²) in [5, 5.41) is 11.1. The molecular formula is C23H44O2. The fourth-order valence-electron chi connectivity index (χ4n) is 5.39. The Morgan fingerprint density at radius 2 is 1.48 bits per heavy atom. The van der Waals surface area contributed by atoms with E-state index in [1.807, 2.05) is 6.92 Å². The second kappa shape index (κ2) is 9.53. The fraction of sp³-hybridized carbons (Fsp3) is 0.957. The zero-order chi connectivity index (χ0) is 19.4. The molecule has 1 saturated carbocycles. The molecule has 0 bridgehead atoms. The molecular weight excluding hydrogens is 308 g/mol. The van der Waals surface area contributed by atoms with Crippen LogP contribution in [0.1, 0.15) is 93.9 Å². The normalized spacial score (nSPS) is 45.8. The van der Waals surface area contributed by atoms with Gasteiger partial charge in [0.25, 0.3) is 0 Å². The highest BCUT2D eigenvalue weighted by atomic mass is 16.3. The molecule has 25 heavy (non-hydrogen) atoms. The fourth-order valence-corrected chi connectivity index (χ4v) is 5.39. The Balaban J connectivity index is 3.04. The lowest BCUT2D eigenvalue weighted by atomic mass is 9.71. The van der Waals surface area contributed by atoms with Crippen molar-refractivity contribution in [1.29, 1.82) is 0 Å². The van der Waals surface area contributed by atoms with Gasteiger partial charge in [0.15, 0.2) is 0 Å². The van der Waals surface area contributed by atoms with Crippen molar-refractivity contribution in [3.05, 3.63) is 0 Å². The van der Waals surface area contributed by atoms with E-state index < -0.39 is 5.60 Å². The lowest BCUT2D eigenvalue weighted by Crippen LogP contribution is -2.39. The topological polar surface area (TPSA) is 37.3 Å². The van der Waals surface area contributed by atoms with Gasteiger partial charge in [-0.2, -0.15) is 0 Å². The van der Waals surface area contributed by atoms with Gasteiger partial charge in [0.05, 0.1) is 5.60 Å². The smallest absolute Gasteiger partial charge is 0.136 e. The molecule has 2 heteroatoms. The molecule has 0 aromatic carbocycles. The Hall–Kier alpha value is -0.370. The summed E-state index contributed by atoms with van der Waals surface area (Å²) in [4.78, 5) is 12.9. The van der Waals surface area contributed by atoms with Crippen molar-refractivity contribution in [2.75, 3.05) is 0 Å². The minimum absolute atomic E-state index is 0.0737. The number of carbonyl (C=O) groups excluding carboxylic acids is 1. The van der Waals surface area contributed by atoms with Crippen LogP contribution in [0.25, 0.3) is 0 Å². The zero-order valence-corrected chi connectivity index (χ0v) is 18.1. The van der Waals surface area contributed by atoms with Crippen LogP contribution < -0.4 is 0 Å². The molecule has 1 fully saturated rings. The van der Waals surface area contributed by atoms with Gasteiger partial charge in [-0.1, -0.05) is 54.9 Å². The Morgan fingerprint density at radius 3 is 2.04 bits per heavy atom. The SMILES string of the molecule is CCC1CC(=O)C(C)C(C)C(C)CC(C)C[C@@H](C)C[C@H](C)C[C@]1(C)O. The maximum atomic E-state index is 12.9. The third kappa shape index (κ3) is 6.70. The van der Waals surface area contributed by atoms with E-state index in [2.05, 4.69) is 48.5 Å². The molecule has 0 heterocycles. The second-order valence-electron chi connectivity index (χ2n) is 9.98. The highest BCUT2D eigenvalue weighted by Gasteiger charge is 2.36. The molecule has 0 aliphatic heterocycles. The van der Waals surface area contributed by atoms with Crippen molar-refractivity contribution < 1.29 is 9.90 Å². The molecule has 148 valence electrons. The van der Waals surface area contributed by atoms with Crippen molar-refractivity contribution in [1.82, 2.24) is 0 Å². The van der Waals surface area contributed by atoms with Crippen LogP contribution in [0.3, 0.4) is 0 Å². The molecule has 0 aromatic heterocycles. The molecule has 0 radical (unpaired) electrons. The predicted octanol–water partition coefficient (Wildman–Crippen LogP) is 6.11. The summed E-state index contributed by atoms with van der Waals surface area (Å²) in [5.74, 6) is 3.39. The number of carbonyl (C=O) groups is 1. The van der Waals surface area contributed by atoms with Gasteiger partial charge in [-0.15, -0.1) is 0 Å². The average Bonchev–Trinajstić information content (AvgIpc) is 2.48. The number of hydrogen-bond acceptors (Lipinski definition) is 2. The van der Waals surface area contributed by atoms with E-state index in [9.17, 15) is 9.90 Å². The van der Waals surface area contributed by atoms with Gasteiger partial charge in [-0.05, 0) is 68.1 Å². The van der Waals surface area contributed by atoms with Crippen LogP contribution in [0.5, 0.6) is 0 Å². The van der Waals surface area contributed by atoms with Crippen LogP contribution in [-0.4, -0.2) is 16.5 Å². The summed E-state index contributed by atoms with van der Waals surface area (Å²) in [6.45, 7) is 17.7. The van der Waals surface area contributed by atoms with Gasteiger partial charge in [0.1, 0.15) is 5.78 Å². The number of rotatable bonds is 1. The monoisotopic (exact) mass is 352 g/mol. The number of aliphatic hydroxyl groups is 1. The number of ketones is 1. The van der Waals surface area contributed by atoms with E-state index in [0.29, 0.717) is 41.8 Å². The summed E-state index contributed by atoms with van der Waals surface area (Å²) >= 11 is 0. The molecule has 2 nitrogen and oxygen atoms in total. The first kappa shape index (κ1) is 22.7. The molecule has 0 amide bonds. The maximum Gasteiger partial charge on any atom is 0.136 e. The van der Waals surface area contributed by atoms with Crippen molar-refractivity contribution in [2.24, 2.45) is 41.4 Å². The van der Waals surface area contributed by atoms with Crippen LogP contribution in [-0.2, 0) is 4.79 Å². The van der Waals surface area contributed by atoms with Gasteiger partial charge < -0.3 is 5.11 Å². The lowest BCUT2D eigenvalue weighted by molar-refractivity contribution is -0.128. The lowest BCUT2D eigenvalue weighted by Gasteiger charge is -2.37. The van der Waals surface area contributed by atoms with E-state index in [1.54, 1.807) is 0 Å². The van der Waals surface area contributed by atoms with Gasteiger partial charge in [0, 0.05) is 12.3 Å². The first-order valence-electron chi connectivity index (χ1n) is 10.7. The highest BCUT2D eigenvalue weighted by Crippen LogP contribution is 2.37. The van der Waals surface area contributed by atoms with E-state index in [0.717, 1.165) is 12.8 Å². The van der Waals surface area contributed by atoms with E-state index >= 15 is 0 Å². The van der Waals surface area contributed by atoms with Gasteiger partial charge >= 0.3 is 0 Å².